The number of guanidine groups is 1. The van der Waals surface area contributed by atoms with Gasteiger partial charge in [0.2, 0.25) is 41.4 Å². The van der Waals surface area contributed by atoms with E-state index in [2.05, 4.69) is 53.8 Å². The second kappa shape index (κ2) is 37.1. The van der Waals surface area contributed by atoms with Crippen molar-refractivity contribution in [2.24, 2.45) is 39.6 Å². The number of hydrogen-bond acceptors (Lipinski definition) is 10. The largest absolute Gasteiger partial charge is 0.370 e. The Hall–Kier alpha value is -7.00. The summed E-state index contributed by atoms with van der Waals surface area (Å²) in [6.45, 7) is 6.83. The van der Waals surface area contributed by atoms with Crippen molar-refractivity contribution in [3.8, 4) is 0 Å². The van der Waals surface area contributed by atoms with Crippen LogP contribution in [-0.2, 0) is 46.4 Å². The first-order chi connectivity index (χ1) is 39.1. The average molecular weight is 1130 g/mol. The summed E-state index contributed by atoms with van der Waals surface area (Å²) in [6.07, 6.45) is 19.7. The molecule has 0 bridgehead atoms. The fourth-order valence-corrected chi connectivity index (χ4v) is 10.0. The van der Waals surface area contributed by atoms with Crippen LogP contribution in [-0.4, -0.2) is 113 Å². The summed E-state index contributed by atoms with van der Waals surface area (Å²) < 4.78 is 0. The minimum Gasteiger partial charge on any atom is -0.370 e. The first-order valence-corrected chi connectivity index (χ1v) is 29.8. The van der Waals surface area contributed by atoms with E-state index < -0.39 is 77.6 Å². The van der Waals surface area contributed by atoms with E-state index in [0.29, 0.717) is 69.2 Å². The van der Waals surface area contributed by atoms with Gasteiger partial charge in [0.15, 0.2) is 5.96 Å². The summed E-state index contributed by atoms with van der Waals surface area (Å²) >= 11 is 0. The van der Waals surface area contributed by atoms with E-state index in [1.54, 1.807) is 12.4 Å². The van der Waals surface area contributed by atoms with Crippen LogP contribution in [0.5, 0.6) is 0 Å². The van der Waals surface area contributed by atoms with Gasteiger partial charge in [-0.1, -0.05) is 128 Å². The van der Waals surface area contributed by atoms with Gasteiger partial charge in [0.05, 0.1) is 0 Å². The molecule has 448 valence electrons. The van der Waals surface area contributed by atoms with E-state index >= 15 is 0 Å². The molecule has 7 atom stereocenters. The Morgan fingerprint density at radius 2 is 0.926 bits per heavy atom. The van der Waals surface area contributed by atoms with Crippen LogP contribution in [0.15, 0.2) is 65.9 Å². The van der Waals surface area contributed by atoms with Crippen molar-refractivity contribution in [2.45, 2.75) is 205 Å². The van der Waals surface area contributed by atoms with Crippen molar-refractivity contribution in [1.29, 1.82) is 0 Å². The Bertz CT molecular complexity index is 2590. The van der Waals surface area contributed by atoms with Crippen LogP contribution in [0.1, 0.15) is 167 Å². The maximum atomic E-state index is 14.9. The van der Waals surface area contributed by atoms with Gasteiger partial charge in [-0.05, 0) is 100 Å². The van der Waals surface area contributed by atoms with Gasteiger partial charge in [0.1, 0.15) is 36.3 Å². The molecule has 2 heterocycles. The molecule has 0 spiro atoms. The molecule has 0 aliphatic heterocycles. The summed E-state index contributed by atoms with van der Waals surface area (Å²) in [5, 5.41) is 18.9. The van der Waals surface area contributed by atoms with Crippen molar-refractivity contribution in [3.63, 3.8) is 0 Å². The number of nitrogens with zero attached hydrogens (tertiary/aromatic N) is 1. The van der Waals surface area contributed by atoms with Gasteiger partial charge >= 0.3 is 0 Å². The van der Waals surface area contributed by atoms with Crippen LogP contribution in [0.3, 0.4) is 0 Å². The second-order valence-electron chi connectivity index (χ2n) is 21.6. The first-order valence-electron chi connectivity index (χ1n) is 29.8. The van der Waals surface area contributed by atoms with E-state index in [-0.39, 0.29) is 56.9 Å². The molecule has 21 nitrogen and oxygen atoms in total. The summed E-state index contributed by atoms with van der Waals surface area (Å²) in [4.78, 5) is 109. The van der Waals surface area contributed by atoms with E-state index in [0.717, 1.165) is 41.1 Å². The van der Waals surface area contributed by atoms with Crippen LogP contribution in [0, 0.1) is 5.92 Å². The van der Waals surface area contributed by atoms with E-state index in [1.807, 2.05) is 62.4 Å². The quantitative estimate of drug-likeness (QED) is 0.0161. The normalized spacial score (nSPS) is 13.9. The summed E-state index contributed by atoms with van der Waals surface area (Å²) in [5.41, 5.74) is 31.6. The number of primary amides is 1. The molecule has 4 rings (SSSR count). The first kappa shape index (κ1) is 66.5. The maximum Gasteiger partial charge on any atom is 0.243 e. The van der Waals surface area contributed by atoms with Gasteiger partial charge in [0, 0.05) is 60.0 Å². The van der Waals surface area contributed by atoms with Crippen molar-refractivity contribution >= 4 is 69.1 Å². The molecule has 21 heteroatoms. The lowest BCUT2D eigenvalue weighted by Gasteiger charge is -2.29. The topological polar surface area (TPSA) is 366 Å². The van der Waals surface area contributed by atoms with E-state index in [9.17, 15) is 33.6 Å². The Kier molecular flexibility index (Phi) is 30.5. The monoisotopic (exact) mass is 1120 g/mol. The zero-order valence-electron chi connectivity index (χ0n) is 48.4. The third-order valence-electron chi connectivity index (χ3n) is 15.0. The van der Waals surface area contributed by atoms with Crippen LogP contribution in [0.2, 0.25) is 0 Å². The van der Waals surface area contributed by atoms with Crippen LogP contribution in [0.4, 0.5) is 0 Å². The highest BCUT2D eigenvalue weighted by Crippen LogP contribution is 2.22. The minimum atomic E-state index is -1.31. The fraction of sp³-hybridized carbons (Fsp3) is 0.600. The molecule has 0 fully saturated rings. The number of para-hydroxylation sites is 2. The third kappa shape index (κ3) is 23.6. The lowest BCUT2D eigenvalue weighted by Crippen LogP contribution is -2.61. The van der Waals surface area contributed by atoms with Gasteiger partial charge in [-0.25, -0.2) is 0 Å². The second-order valence-corrected chi connectivity index (χ2v) is 21.6. The molecule has 0 radical (unpaired) electrons. The number of aromatic amines is 2. The molecule has 0 saturated carbocycles. The lowest BCUT2D eigenvalue weighted by molar-refractivity contribution is -0.136. The molecule has 0 unspecified atom stereocenters. The molecule has 2 aromatic carbocycles. The molecule has 18 N–H and O–H groups in total. The maximum absolute atomic E-state index is 14.9. The number of benzene rings is 2. The average Bonchev–Trinajstić information content (AvgIpc) is 4.15. The summed E-state index contributed by atoms with van der Waals surface area (Å²) in [5.74, 6) is -4.81. The smallest absolute Gasteiger partial charge is 0.243 e. The predicted octanol–water partition coefficient (Wildman–Crippen LogP) is 4.89. The van der Waals surface area contributed by atoms with Gasteiger partial charge in [0.25, 0.3) is 0 Å². The van der Waals surface area contributed by atoms with E-state index in [4.69, 9.17) is 28.7 Å². The number of amides is 7. The third-order valence-corrected chi connectivity index (χ3v) is 15.0. The van der Waals surface area contributed by atoms with Gasteiger partial charge in [-0.3, -0.25) is 38.6 Å². The molecular weight excluding hydrogens is 1030 g/mol. The molecule has 0 aliphatic rings. The highest BCUT2D eigenvalue weighted by molar-refractivity contribution is 5.98. The number of nitrogens with one attached hydrogen (secondary N) is 8. The fourth-order valence-electron chi connectivity index (χ4n) is 10.0. The molecule has 2 aromatic heterocycles. The summed E-state index contributed by atoms with van der Waals surface area (Å²) in [6, 6.07) is 8.06. The van der Waals surface area contributed by atoms with Crippen molar-refractivity contribution in [1.82, 2.24) is 41.9 Å². The number of unbranched alkanes of at least 4 members (excludes halogenated alkanes) is 12. The number of aliphatic imine (C=N–C) groups is 1. The number of nitrogens with two attached hydrogens (primary N) is 5. The number of aromatic nitrogens is 2. The van der Waals surface area contributed by atoms with Gasteiger partial charge in [-0.2, -0.15) is 0 Å². The van der Waals surface area contributed by atoms with Gasteiger partial charge in [-0.15, -0.1) is 0 Å². The molecule has 4 aromatic rings. The van der Waals surface area contributed by atoms with Crippen molar-refractivity contribution in [2.75, 3.05) is 19.6 Å². The Morgan fingerprint density at radius 1 is 0.494 bits per heavy atom. The Labute approximate surface area is 478 Å². The Morgan fingerprint density at radius 3 is 1.42 bits per heavy atom. The minimum absolute atomic E-state index is 0.00429. The molecule has 81 heavy (non-hydrogen) atoms. The van der Waals surface area contributed by atoms with Crippen LogP contribution in [0.25, 0.3) is 21.8 Å². The van der Waals surface area contributed by atoms with E-state index in [1.165, 1.54) is 44.9 Å². The SMILES string of the molecule is CCCCCCCCCCCCCC(=O)N[C@@H](CCCN=C(N)N)C(=O)N[C@H](C(=O)N[C@@H](CCCCN)C(=O)N[C@@H](Cc1c[nH]c2ccccc12)C(=O)N[C@@H](Cc1c[nH]c2ccccc12)C(=O)N[C@@H](CCCCN)C(N)=O)[C@@H](C)CC. The summed E-state index contributed by atoms with van der Waals surface area (Å²) in [7, 11) is 0. The van der Waals surface area contributed by atoms with Crippen molar-refractivity contribution in [3.05, 3.63) is 72.1 Å². The predicted molar refractivity (Wildman–Crippen MR) is 321 cm³/mol. The highest BCUT2D eigenvalue weighted by atomic mass is 16.2. The number of H-pyrrole nitrogens is 2. The number of rotatable bonds is 42. The van der Waals surface area contributed by atoms with Crippen molar-refractivity contribution < 1.29 is 33.6 Å². The van der Waals surface area contributed by atoms with Crippen LogP contribution < -0.4 is 60.6 Å². The van der Waals surface area contributed by atoms with Gasteiger partial charge < -0.3 is 70.5 Å². The van der Waals surface area contributed by atoms with Crippen LogP contribution >= 0.6 is 0 Å². The molecule has 0 aliphatic carbocycles. The molecular formula is C60H96N14O7. The number of hydrogen-bond donors (Lipinski definition) is 13. The highest BCUT2D eigenvalue weighted by Gasteiger charge is 2.35. The molecule has 7 amide bonds. The zero-order valence-corrected chi connectivity index (χ0v) is 48.4. The number of carbonyl (C=O) groups excluding carboxylic acids is 7. The standard InChI is InChI=1S/C60H96N14O7/c1-4-6-7-8-9-10-11-12-13-14-15-32-52(75)69-48(31-24-35-66-60(64)65)56(78)74-53(40(3)5-2)59(81)71-49(30-21-23-34-62)55(77)72-51(37-42-39-68-46-28-19-17-26-44(42)46)58(80)73-50(36-41-38-67-45-27-18-16-25-43(41)45)57(79)70-47(54(63)76)29-20-22-33-61/h16-19,25-28,38-40,47-51,53,67-68H,4-15,20-24,29-37,61-62H2,1-3H3,(H2,63,76)(H,69,75)(H,70,79)(H,71,81)(H,72,77)(H,73,80)(H,74,78)(H4,64,65,66)/t40-,47-,48-,49-,50-,51-,53-/m0/s1. The molecule has 0 saturated heterocycles. The lowest BCUT2D eigenvalue weighted by atomic mass is 9.96. The number of carbonyl (C=O) groups is 7. The Balaban J connectivity index is 1.58. The number of fused-ring (bicyclic) bond motifs is 2. The zero-order chi connectivity index (χ0) is 58.9.